The molecule has 1 aromatic heterocycles. The van der Waals surface area contributed by atoms with Crippen molar-refractivity contribution in [1.82, 2.24) is 4.98 Å². The minimum atomic E-state index is 0.823. The van der Waals surface area contributed by atoms with E-state index in [0.717, 1.165) is 33.3 Å². The maximum atomic E-state index is 5.83. The Balaban J connectivity index is 1.54. The van der Waals surface area contributed by atoms with Gasteiger partial charge in [0.15, 0.2) is 0 Å². The number of hydrogen-bond acceptors (Lipinski definition) is 3. The molecule has 2 nitrogen and oxygen atoms in total. The van der Waals surface area contributed by atoms with E-state index < -0.39 is 0 Å². The van der Waals surface area contributed by atoms with E-state index in [1.807, 2.05) is 72.8 Å². The summed E-state index contributed by atoms with van der Waals surface area (Å²) in [5.74, 6) is 1.66. The van der Waals surface area contributed by atoms with Crippen LogP contribution in [0.15, 0.2) is 90.3 Å². The summed E-state index contributed by atoms with van der Waals surface area (Å²) in [5.41, 5.74) is 3.23. The first-order valence-corrected chi connectivity index (χ1v) is 8.61. The summed E-state index contributed by atoms with van der Waals surface area (Å²) in [6.45, 7) is 0. The number of thiazole rings is 1. The van der Waals surface area contributed by atoms with Crippen LogP contribution in [0.3, 0.4) is 0 Å². The van der Waals surface area contributed by atoms with E-state index in [-0.39, 0.29) is 0 Å². The third-order valence-electron chi connectivity index (χ3n) is 3.65. The Bertz CT molecular complexity index is 915. The molecule has 0 aliphatic rings. The van der Waals surface area contributed by atoms with Crippen molar-refractivity contribution in [2.45, 2.75) is 0 Å². The standard InChI is InChI=1S/C21H15NOS/c1-3-7-17(8-4-1)21-22-20(15-24-21)16-11-13-19(14-12-16)23-18-9-5-2-6-10-18/h1-15H. The molecule has 0 aliphatic carbocycles. The molecule has 0 fully saturated rings. The third kappa shape index (κ3) is 3.21. The molecular formula is C21H15NOS. The number of rotatable bonds is 4. The van der Waals surface area contributed by atoms with Crippen molar-refractivity contribution in [3.05, 3.63) is 90.3 Å². The Morgan fingerprint density at radius 1 is 0.625 bits per heavy atom. The SMILES string of the molecule is c1ccc(Oc2ccc(-c3csc(-c4ccccc4)n3)cc2)cc1. The second-order valence-corrected chi connectivity index (χ2v) is 6.20. The quantitative estimate of drug-likeness (QED) is 0.440. The Hall–Kier alpha value is -2.91. The largest absolute Gasteiger partial charge is 0.457 e. The third-order valence-corrected chi connectivity index (χ3v) is 4.55. The second-order valence-electron chi connectivity index (χ2n) is 5.34. The zero-order valence-corrected chi connectivity index (χ0v) is 13.7. The minimum absolute atomic E-state index is 0.823. The Kier molecular flexibility index (Phi) is 4.09. The van der Waals surface area contributed by atoms with E-state index in [2.05, 4.69) is 17.5 Å². The van der Waals surface area contributed by atoms with Gasteiger partial charge in [-0.15, -0.1) is 11.3 Å². The molecule has 0 aliphatic heterocycles. The van der Waals surface area contributed by atoms with E-state index in [4.69, 9.17) is 9.72 Å². The number of hydrogen-bond donors (Lipinski definition) is 0. The summed E-state index contributed by atoms with van der Waals surface area (Å²) in [5, 5.41) is 3.13. The lowest BCUT2D eigenvalue weighted by Gasteiger charge is -2.05. The van der Waals surface area contributed by atoms with Crippen LogP contribution < -0.4 is 4.74 Å². The van der Waals surface area contributed by atoms with Gasteiger partial charge in [0.05, 0.1) is 5.69 Å². The van der Waals surface area contributed by atoms with Gasteiger partial charge in [-0.3, -0.25) is 0 Å². The van der Waals surface area contributed by atoms with Gasteiger partial charge in [-0.2, -0.15) is 0 Å². The first kappa shape index (κ1) is 14.7. The summed E-state index contributed by atoms with van der Waals surface area (Å²) >= 11 is 1.66. The van der Waals surface area contributed by atoms with Gasteiger partial charge in [0, 0.05) is 16.5 Å². The van der Waals surface area contributed by atoms with Crippen LogP contribution in [0.4, 0.5) is 0 Å². The zero-order chi connectivity index (χ0) is 16.2. The molecule has 24 heavy (non-hydrogen) atoms. The molecule has 0 bridgehead atoms. The molecule has 116 valence electrons. The molecule has 0 radical (unpaired) electrons. The van der Waals surface area contributed by atoms with Crippen LogP contribution >= 0.6 is 11.3 Å². The summed E-state index contributed by atoms with van der Waals surface area (Å²) in [6.07, 6.45) is 0. The lowest BCUT2D eigenvalue weighted by Crippen LogP contribution is -1.84. The highest BCUT2D eigenvalue weighted by atomic mass is 32.1. The molecular weight excluding hydrogens is 314 g/mol. The molecule has 0 saturated carbocycles. The van der Waals surface area contributed by atoms with Crippen LogP contribution in [0.25, 0.3) is 21.8 Å². The molecule has 0 saturated heterocycles. The number of para-hydroxylation sites is 1. The van der Waals surface area contributed by atoms with Crippen molar-refractivity contribution in [2.24, 2.45) is 0 Å². The fraction of sp³-hybridized carbons (Fsp3) is 0. The normalized spacial score (nSPS) is 10.5. The second kappa shape index (κ2) is 6.69. The van der Waals surface area contributed by atoms with E-state index in [1.165, 1.54) is 0 Å². The monoisotopic (exact) mass is 329 g/mol. The van der Waals surface area contributed by atoms with Crippen LogP contribution in [0.2, 0.25) is 0 Å². The van der Waals surface area contributed by atoms with Gasteiger partial charge < -0.3 is 4.74 Å². The molecule has 0 spiro atoms. The number of nitrogens with zero attached hydrogens (tertiary/aromatic N) is 1. The summed E-state index contributed by atoms with van der Waals surface area (Å²) < 4.78 is 5.83. The first-order valence-electron chi connectivity index (χ1n) is 7.73. The van der Waals surface area contributed by atoms with Crippen LogP contribution in [0.1, 0.15) is 0 Å². The van der Waals surface area contributed by atoms with Crippen molar-refractivity contribution in [2.75, 3.05) is 0 Å². The molecule has 3 heteroatoms. The predicted molar refractivity (Wildman–Crippen MR) is 99.5 cm³/mol. The Morgan fingerprint density at radius 3 is 1.96 bits per heavy atom. The van der Waals surface area contributed by atoms with Crippen LogP contribution in [-0.2, 0) is 0 Å². The fourth-order valence-corrected chi connectivity index (χ4v) is 3.27. The van der Waals surface area contributed by atoms with Gasteiger partial charge in [-0.25, -0.2) is 4.98 Å². The maximum absolute atomic E-state index is 5.83. The fourth-order valence-electron chi connectivity index (χ4n) is 2.44. The van der Waals surface area contributed by atoms with Crippen LogP contribution in [0.5, 0.6) is 11.5 Å². The van der Waals surface area contributed by atoms with E-state index >= 15 is 0 Å². The summed E-state index contributed by atoms with van der Waals surface area (Å²) in [7, 11) is 0. The van der Waals surface area contributed by atoms with E-state index in [0.29, 0.717) is 0 Å². The van der Waals surface area contributed by atoms with Gasteiger partial charge in [0.1, 0.15) is 16.5 Å². The van der Waals surface area contributed by atoms with Gasteiger partial charge in [-0.05, 0) is 36.4 Å². The number of ether oxygens (including phenoxy) is 1. The molecule has 0 amide bonds. The molecule has 4 aromatic rings. The average molecular weight is 329 g/mol. The highest BCUT2D eigenvalue weighted by Gasteiger charge is 2.06. The smallest absolute Gasteiger partial charge is 0.127 e. The van der Waals surface area contributed by atoms with Crippen molar-refractivity contribution in [3.63, 3.8) is 0 Å². The topological polar surface area (TPSA) is 22.1 Å². The van der Waals surface area contributed by atoms with Crippen molar-refractivity contribution in [1.29, 1.82) is 0 Å². The maximum Gasteiger partial charge on any atom is 0.127 e. The molecule has 4 rings (SSSR count). The average Bonchev–Trinajstić information content (AvgIpc) is 3.14. The van der Waals surface area contributed by atoms with Gasteiger partial charge in [0.25, 0.3) is 0 Å². The van der Waals surface area contributed by atoms with Crippen molar-refractivity contribution < 1.29 is 4.74 Å². The highest BCUT2D eigenvalue weighted by molar-refractivity contribution is 7.13. The minimum Gasteiger partial charge on any atom is -0.457 e. The van der Waals surface area contributed by atoms with E-state index in [1.54, 1.807) is 11.3 Å². The van der Waals surface area contributed by atoms with Gasteiger partial charge >= 0.3 is 0 Å². The summed E-state index contributed by atoms with van der Waals surface area (Å²) in [4.78, 5) is 4.74. The molecule has 0 unspecified atom stereocenters. The number of benzene rings is 3. The molecule has 0 atom stereocenters. The first-order chi connectivity index (χ1) is 11.9. The van der Waals surface area contributed by atoms with Crippen LogP contribution in [0, 0.1) is 0 Å². The predicted octanol–water partition coefficient (Wildman–Crippen LogP) is 6.27. The molecule has 0 N–H and O–H groups in total. The lowest BCUT2D eigenvalue weighted by molar-refractivity contribution is 0.483. The lowest BCUT2D eigenvalue weighted by atomic mass is 10.1. The Labute approximate surface area is 145 Å². The van der Waals surface area contributed by atoms with E-state index in [9.17, 15) is 0 Å². The number of aromatic nitrogens is 1. The van der Waals surface area contributed by atoms with Gasteiger partial charge in [0.2, 0.25) is 0 Å². The summed E-state index contributed by atoms with van der Waals surface area (Å²) in [6, 6.07) is 28.1. The Morgan fingerprint density at radius 2 is 1.25 bits per heavy atom. The molecule has 3 aromatic carbocycles. The van der Waals surface area contributed by atoms with Crippen LogP contribution in [-0.4, -0.2) is 4.98 Å². The van der Waals surface area contributed by atoms with Crippen molar-refractivity contribution in [3.8, 4) is 33.3 Å². The highest BCUT2D eigenvalue weighted by Crippen LogP contribution is 2.30. The molecule has 1 heterocycles. The van der Waals surface area contributed by atoms with Gasteiger partial charge in [-0.1, -0.05) is 48.5 Å². The van der Waals surface area contributed by atoms with Crippen molar-refractivity contribution >= 4 is 11.3 Å². The zero-order valence-electron chi connectivity index (χ0n) is 12.9.